The van der Waals surface area contributed by atoms with Crippen LogP contribution in [0.4, 0.5) is 4.39 Å². The van der Waals surface area contributed by atoms with Gasteiger partial charge in [-0.1, -0.05) is 44.2 Å². The van der Waals surface area contributed by atoms with Crippen molar-refractivity contribution in [2.24, 2.45) is 0 Å². The Kier molecular flexibility index (Phi) is 8.48. The number of benzene rings is 2. The van der Waals surface area contributed by atoms with Gasteiger partial charge in [-0.15, -0.1) is 0 Å². The van der Waals surface area contributed by atoms with Gasteiger partial charge in [0.1, 0.15) is 11.6 Å². The van der Waals surface area contributed by atoms with Crippen LogP contribution in [0.2, 0.25) is 0 Å². The van der Waals surface area contributed by atoms with Crippen molar-refractivity contribution in [2.75, 3.05) is 12.3 Å². The molecule has 1 amide bonds. The van der Waals surface area contributed by atoms with Crippen molar-refractivity contribution in [3.63, 3.8) is 0 Å². The Labute approximate surface area is 159 Å². The molecule has 5 heteroatoms. The van der Waals surface area contributed by atoms with Crippen LogP contribution in [0.3, 0.4) is 0 Å². The summed E-state index contributed by atoms with van der Waals surface area (Å²) in [6.45, 7) is 4.56. The highest BCUT2D eigenvalue weighted by Crippen LogP contribution is 2.16. The molecule has 1 N–H and O–H groups in total. The van der Waals surface area contributed by atoms with E-state index in [4.69, 9.17) is 4.74 Å². The standard InChI is InChI=1S/C21H26FNO2S/c1-3-16-9-11-18(12-10-16)25-20(4-2)21(24)23-13-14-26-15-17-7-5-6-8-19(17)22/h5-12,20H,3-4,13-15H2,1-2H3,(H,23,24)/t20-/m1/s1. The van der Waals surface area contributed by atoms with E-state index in [1.165, 1.54) is 11.6 Å². The van der Waals surface area contributed by atoms with Gasteiger partial charge in [-0.25, -0.2) is 4.39 Å². The van der Waals surface area contributed by atoms with Gasteiger partial charge in [0.15, 0.2) is 6.10 Å². The molecule has 1 atom stereocenters. The zero-order chi connectivity index (χ0) is 18.8. The molecule has 0 aliphatic rings. The molecular weight excluding hydrogens is 349 g/mol. The number of rotatable bonds is 10. The van der Waals surface area contributed by atoms with E-state index in [9.17, 15) is 9.18 Å². The molecule has 0 saturated carbocycles. The lowest BCUT2D eigenvalue weighted by molar-refractivity contribution is -0.127. The molecule has 0 radical (unpaired) electrons. The molecule has 2 rings (SSSR count). The minimum absolute atomic E-state index is 0.112. The van der Waals surface area contributed by atoms with E-state index in [2.05, 4.69) is 12.2 Å². The number of aryl methyl sites for hydroxylation is 1. The SMILES string of the molecule is CCc1ccc(O[C@H](CC)C(=O)NCCSCc2ccccc2F)cc1. The largest absolute Gasteiger partial charge is 0.481 e. The summed E-state index contributed by atoms with van der Waals surface area (Å²) in [5, 5.41) is 2.90. The Morgan fingerprint density at radius 2 is 1.88 bits per heavy atom. The summed E-state index contributed by atoms with van der Waals surface area (Å²) in [5.74, 6) is 1.73. The Morgan fingerprint density at radius 3 is 2.54 bits per heavy atom. The molecule has 0 heterocycles. The van der Waals surface area contributed by atoms with Crippen molar-refractivity contribution >= 4 is 17.7 Å². The number of carbonyl (C=O) groups is 1. The zero-order valence-electron chi connectivity index (χ0n) is 15.3. The van der Waals surface area contributed by atoms with Crippen LogP contribution >= 0.6 is 11.8 Å². The number of hydrogen-bond acceptors (Lipinski definition) is 3. The second kappa shape index (κ2) is 10.9. The van der Waals surface area contributed by atoms with Gasteiger partial charge in [0.25, 0.3) is 5.91 Å². The molecule has 0 aliphatic carbocycles. The van der Waals surface area contributed by atoms with Gasteiger partial charge in [0.05, 0.1) is 0 Å². The molecule has 140 valence electrons. The fraction of sp³-hybridized carbons (Fsp3) is 0.381. The highest BCUT2D eigenvalue weighted by molar-refractivity contribution is 7.98. The van der Waals surface area contributed by atoms with E-state index in [0.717, 1.165) is 12.2 Å². The average Bonchev–Trinajstić information content (AvgIpc) is 2.67. The average molecular weight is 376 g/mol. The van der Waals surface area contributed by atoms with Gasteiger partial charge in [-0.05, 0) is 42.2 Å². The van der Waals surface area contributed by atoms with Gasteiger partial charge >= 0.3 is 0 Å². The van der Waals surface area contributed by atoms with Crippen LogP contribution in [0.5, 0.6) is 5.75 Å². The quantitative estimate of drug-likeness (QED) is 0.617. The van der Waals surface area contributed by atoms with E-state index >= 15 is 0 Å². The second-order valence-corrected chi connectivity index (χ2v) is 7.05. The van der Waals surface area contributed by atoms with E-state index in [1.807, 2.05) is 37.3 Å². The lowest BCUT2D eigenvalue weighted by atomic mass is 10.2. The fourth-order valence-electron chi connectivity index (χ4n) is 2.45. The first-order valence-electron chi connectivity index (χ1n) is 8.98. The number of nitrogens with one attached hydrogen (secondary N) is 1. The molecule has 0 saturated heterocycles. The van der Waals surface area contributed by atoms with Crippen molar-refractivity contribution in [3.05, 3.63) is 65.5 Å². The monoisotopic (exact) mass is 375 g/mol. The minimum atomic E-state index is -0.501. The first kappa shape index (κ1) is 20.3. The summed E-state index contributed by atoms with van der Waals surface area (Å²) in [5.41, 5.74) is 1.93. The zero-order valence-corrected chi connectivity index (χ0v) is 16.2. The Hall–Kier alpha value is -2.01. The first-order chi connectivity index (χ1) is 12.6. The van der Waals surface area contributed by atoms with Crippen LogP contribution in [0, 0.1) is 5.82 Å². The lowest BCUT2D eigenvalue weighted by Crippen LogP contribution is -2.39. The van der Waals surface area contributed by atoms with Gasteiger partial charge in [-0.3, -0.25) is 4.79 Å². The Bertz CT molecular complexity index is 691. The fourth-order valence-corrected chi connectivity index (χ4v) is 3.29. The molecule has 0 aromatic heterocycles. The van der Waals surface area contributed by atoms with Crippen molar-refractivity contribution in [1.29, 1.82) is 0 Å². The third-order valence-electron chi connectivity index (χ3n) is 4.03. The van der Waals surface area contributed by atoms with Crippen LogP contribution in [0.15, 0.2) is 48.5 Å². The summed E-state index contributed by atoms with van der Waals surface area (Å²) in [6, 6.07) is 14.6. The molecule has 0 spiro atoms. The van der Waals surface area contributed by atoms with Crippen molar-refractivity contribution in [1.82, 2.24) is 5.32 Å². The van der Waals surface area contributed by atoms with Crippen LogP contribution < -0.4 is 10.1 Å². The van der Waals surface area contributed by atoms with E-state index in [0.29, 0.717) is 30.0 Å². The van der Waals surface area contributed by atoms with Gasteiger partial charge in [0, 0.05) is 18.1 Å². The van der Waals surface area contributed by atoms with Gasteiger partial charge < -0.3 is 10.1 Å². The molecule has 2 aromatic carbocycles. The molecule has 0 bridgehead atoms. The molecule has 0 unspecified atom stereocenters. The highest BCUT2D eigenvalue weighted by Gasteiger charge is 2.17. The second-order valence-electron chi connectivity index (χ2n) is 5.95. The van der Waals surface area contributed by atoms with E-state index in [1.54, 1.807) is 23.9 Å². The van der Waals surface area contributed by atoms with E-state index in [-0.39, 0.29) is 11.7 Å². The van der Waals surface area contributed by atoms with Crippen molar-refractivity contribution < 1.29 is 13.9 Å². The van der Waals surface area contributed by atoms with Crippen LogP contribution in [0.25, 0.3) is 0 Å². The van der Waals surface area contributed by atoms with Crippen molar-refractivity contribution in [2.45, 2.75) is 38.5 Å². The number of amides is 1. The van der Waals surface area contributed by atoms with Gasteiger partial charge in [-0.2, -0.15) is 11.8 Å². The van der Waals surface area contributed by atoms with Crippen LogP contribution in [-0.4, -0.2) is 24.3 Å². The van der Waals surface area contributed by atoms with Gasteiger partial charge in [0.2, 0.25) is 0 Å². The molecule has 0 aliphatic heterocycles. The molecule has 0 fully saturated rings. The summed E-state index contributed by atoms with van der Waals surface area (Å²) < 4.78 is 19.3. The number of ether oxygens (including phenoxy) is 1. The molecular formula is C21H26FNO2S. The first-order valence-corrected chi connectivity index (χ1v) is 10.1. The normalized spacial score (nSPS) is 11.8. The maximum atomic E-state index is 13.5. The summed E-state index contributed by atoms with van der Waals surface area (Å²) in [4.78, 5) is 12.3. The summed E-state index contributed by atoms with van der Waals surface area (Å²) in [6.07, 6.45) is 1.07. The smallest absolute Gasteiger partial charge is 0.261 e. The predicted molar refractivity (Wildman–Crippen MR) is 106 cm³/mol. The third kappa shape index (κ3) is 6.37. The van der Waals surface area contributed by atoms with Crippen LogP contribution in [-0.2, 0) is 17.0 Å². The minimum Gasteiger partial charge on any atom is -0.481 e. The number of thioether (sulfide) groups is 1. The number of hydrogen-bond donors (Lipinski definition) is 1. The topological polar surface area (TPSA) is 38.3 Å². The molecule has 2 aromatic rings. The third-order valence-corrected chi connectivity index (χ3v) is 5.04. The Balaban J connectivity index is 1.71. The molecule has 3 nitrogen and oxygen atoms in total. The maximum absolute atomic E-state index is 13.5. The maximum Gasteiger partial charge on any atom is 0.261 e. The molecule has 26 heavy (non-hydrogen) atoms. The van der Waals surface area contributed by atoms with E-state index < -0.39 is 6.10 Å². The highest BCUT2D eigenvalue weighted by atomic mass is 32.2. The number of carbonyl (C=O) groups excluding carboxylic acids is 1. The van der Waals surface area contributed by atoms with Crippen LogP contribution in [0.1, 0.15) is 31.4 Å². The number of halogens is 1. The Morgan fingerprint density at radius 1 is 1.15 bits per heavy atom. The predicted octanol–water partition coefficient (Wildman–Crippen LogP) is 4.60. The van der Waals surface area contributed by atoms with Crippen molar-refractivity contribution in [3.8, 4) is 5.75 Å². The summed E-state index contributed by atoms with van der Waals surface area (Å²) >= 11 is 1.59. The summed E-state index contributed by atoms with van der Waals surface area (Å²) in [7, 11) is 0. The lowest BCUT2D eigenvalue weighted by Gasteiger charge is -2.17.